The quantitative estimate of drug-likeness (QED) is 0.228. The summed E-state index contributed by atoms with van der Waals surface area (Å²) in [7, 11) is -3.91. The molecule has 1 atom stereocenters. The average molecular weight is 700 g/mol. The molecule has 0 amide bonds. The summed E-state index contributed by atoms with van der Waals surface area (Å²) in [4.78, 5) is 19.0. The van der Waals surface area contributed by atoms with E-state index in [0.29, 0.717) is 15.6 Å². The van der Waals surface area contributed by atoms with Gasteiger partial charge >= 0.3 is 0 Å². The molecular formula is C27H20BrClF4N6O3S. The maximum atomic E-state index is 14.2. The van der Waals surface area contributed by atoms with Gasteiger partial charge in [0.2, 0.25) is 10.0 Å². The Kier molecular flexibility index (Phi) is 7.47. The van der Waals surface area contributed by atoms with Gasteiger partial charge in [-0.25, -0.2) is 31.0 Å². The first-order valence-corrected chi connectivity index (χ1v) is 15.7. The molecule has 1 aliphatic rings. The molecule has 0 bridgehead atoms. The van der Waals surface area contributed by atoms with Crippen LogP contribution < -0.4 is 15.6 Å². The first kappa shape index (κ1) is 29.5. The second-order valence-corrected chi connectivity index (χ2v) is 13.1. The highest BCUT2D eigenvalue weighted by molar-refractivity contribution is 9.10. The summed E-state index contributed by atoms with van der Waals surface area (Å²) >= 11 is 9.99. The van der Waals surface area contributed by atoms with Crippen molar-refractivity contribution in [3.63, 3.8) is 0 Å². The Bertz CT molecular complexity index is 2100. The lowest BCUT2D eigenvalue weighted by Crippen LogP contribution is -2.30. The topological polar surface area (TPSA) is 111 Å². The van der Waals surface area contributed by atoms with Gasteiger partial charge in [0.15, 0.2) is 5.82 Å². The molecule has 9 nitrogen and oxygen atoms in total. The fraction of sp³-hybridized carbons (Fsp3) is 0.222. The van der Waals surface area contributed by atoms with Crippen molar-refractivity contribution in [3.8, 4) is 5.69 Å². The minimum absolute atomic E-state index is 0.000135. The zero-order valence-electron chi connectivity index (χ0n) is 22.0. The van der Waals surface area contributed by atoms with Gasteiger partial charge in [0.1, 0.15) is 24.0 Å². The molecule has 0 saturated carbocycles. The SMILES string of the molecule is CS(=O)(=O)Nc1nn(CC(F)F)c2c3c(cc(Cl)c12)CN[C@@H](Cc1cc(F)cc(F)c1)c1nc2cc(Br)ccc2c(=O)n1-3. The summed E-state index contributed by atoms with van der Waals surface area (Å²) in [6, 6.07) is 8.60. The number of aromatic nitrogens is 4. The van der Waals surface area contributed by atoms with Crippen LogP contribution in [0.15, 0.2) is 51.7 Å². The van der Waals surface area contributed by atoms with Crippen molar-refractivity contribution >= 4 is 65.2 Å². The number of nitrogens with zero attached hydrogens (tertiary/aromatic N) is 4. The molecule has 2 N–H and O–H groups in total. The Morgan fingerprint density at radius 3 is 2.56 bits per heavy atom. The van der Waals surface area contributed by atoms with Crippen molar-refractivity contribution in [2.45, 2.75) is 32.0 Å². The Morgan fingerprint density at radius 2 is 1.88 bits per heavy atom. The number of alkyl halides is 2. The molecule has 1 aliphatic heterocycles. The van der Waals surface area contributed by atoms with Gasteiger partial charge in [-0.2, -0.15) is 5.10 Å². The number of halogens is 6. The third kappa shape index (κ3) is 5.61. The first-order chi connectivity index (χ1) is 20.3. The van der Waals surface area contributed by atoms with E-state index in [1.165, 1.54) is 22.8 Å². The lowest BCUT2D eigenvalue weighted by atomic mass is 10.0. The third-order valence-corrected chi connectivity index (χ3v) is 8.26. The van der Waals surface area contributed by atoms with Gasteiger partial charge in [0, 0.05) is 17.1 Å². The Morgan fingerprint density at radius 1 is 1.16 bits per heavy atom. The summed E-state index contributed by atoms with van der Waals surface area (Å²) in [6.07, 6.45) is -2.02. The third-order valence-electron chi connectivity index (χ3n) is 6.91. The number of anilines is 1. The summed E-state index contributed by atoms with van der Waals surface area (Å²) in [5.74, 6) is -1.72. The minimum atomic E-state index is -3.91. The first-order valence-electron chi connectivity index (χ1n) is 12.7. The van der Waals surface area contributed by atoms with E-state index in [9.17, 15) is 30.8 Å². The highest BCUT2D eigenvalue weighted by atomic mass is 79.9. The van der Waals surface area contributed by atoms with Crippen LogP contribution in [0.1, 0.15) is 23.0 Å². The molecule has 0 unspecified atom stereocenters. The number of sulfonamides is 1. The Labute approximate surface area is 254 Å². The normalized spacial score (nSPS) is 15.1. The van der Waals surface area contributed by atoms with Gasteiger partial charge in [-0.15, -0.1) is 0 Å². The molecule has 0 spiro atoms. The van der Waals surface area contributed by atoms with Gasteiger partial charge in [-0.1, -0.05) is 27.5 Å². The fourth-order valence-electron chi connectivity index (χ4n) is 5.35. The standard InChI is InChI=1S/C27H20BrClF4N6O3S/c1-43(41,42)37-25-22-18(29)7-13-10-34-20(6-12-4-15(30)9-16(31)5-12)26-35-19-8-14(28)2-3-17(19)27(40)39(26)23(13)24(22)38(36-25)11-21(32)33/h2-5,7-9,20-21,34H,6,10-11H2,1H3,(H,36,37)/t20-/m0/s1. The fourth-order valence-corrected chi connectivity index (χ4v) is 6.50. The van der Waals surface area contributed by atoms with E-state index in [2.05, 4.69) is 31.1 Å². The van der Waals surface area contributed by atoms with Crippen LogP contribution in [0.4, 0.5) is 23.4 Å². The maximum Gasteiger partial charge on any atom is 0.266 e. The maximum absolute atomic E-state index is 14.2. The van der Waals surface area contributed by atoms with Crippen LogP contribution >= 0.6 is 27.5 Å². The molecule has 2 aromatic heterocycles. The van der Waals surface area contributed by atoms with Crippen LogP contribution in [0, 0.1) is 11.6 Å². The molecule has 224 valence electrons. The molecule has 6 rings (SSSR count). The summed E-state index contributed by atoms with van der Waals surface area (Å²) in [6.45, 7) is -0.906. The highest BCUT2D eigenvalue weighted by Gasteiger charge is 2.31. The number of fused-ring (bicyclic) bond motifs is 6. The largest absolute Gasteiger partial charge is 0.303 e. The molecule has 0 fully saturated rings. The predicted octanol–water partition coefficient (Wildman–Crippen LogP) is 5.45. The average Bonchev–Trinajstić information content (AvgIpc) is 3.14. The van der Waals surface area contributed by atoms with Gasteiger partial charge in [0.25, 0.3) is 12.0 Å². The lowest BCUT2D eigenvalue weighted by Gasteiger charge is -2.20. The summed E-state index contributed by atoms with van der Waals surface area (Å²) < 4.78 is 85.1. The van der Waals surface area contributed by atoms with E-state index < -0.39 is 46.2 Å². The minimum Gasteiger partial charge on any atom is -0.303 e. The van der Waals surface area contributed by atoms with E-state index in [1.54, 1.807) is 18.2 Å². The Hall–Kier alpha value is -3.53. The van der Waals surface area contributed by atoms with Crippen molar-refractivity contribution in [2.75, 3.05) is 11.0 Å². The van der Waals surface area contributed by atoms with Crippen LogP contribution in [0.3, 0.4) is 0 Å². The number of hydrogen-bond acceptors (Lipinski definition) is 6. The monoisotopic (exact) mass is 698 g/mol. The molecule has 3 aromatic carbocycles. The zero-order valence-corrected chi connectivity index (χ0v) is 25.2. The molecule has 0 aliphatic carbocycles. The van der Waals surface area contributed by atoms with E-state index in [4.69, 9.17) is 16.6 Å². The van der Waals surface area contributed by atoms with Crippen molar-refractivity contribution in [1.29, 1.82) is 0 Å². The van der Waals surface area contributed by atoms with Gasteiger partial charge in [-0.3, -0.25) is 18.8 Å². The zero-order chi connectivity index (χ0) is 30.8. The number of benzene rings is 3. The van der Waals surface area contributed by atoms with Crippen LogP contribution in [0.5, 0.6) is 0 Å². The van der Waals surface area contributed by atoms with Crippen LogP contribution in [0.25, 0.3) is 27.5 Å². The summed E-state index contributed by atoms with van der Waals surface area (Å²) in [5, 5.41) is 7.58. The van der Waals surface area contributed by atoms with Crippen molar-refractivity contribution < 1.29 is 26.0 Å². The molecule has 0 radical (unpaired) electrons. The molecular weight excluding hydrogens is 680 g/mol. The van der Waals surface area contributed by atoms with Gasteiger partial charge < -0.3 is 5.32 Å². The van der Waals surface area contributed by atoms with Gasteiger partial charge in [0.05, 0.1) is 44.8 Å². The smallest absolute Gasteiger partial charge is 0.266 e. The molecule has 5 aromatic rings. The van der Waals surface area contributed by atoms with Crippen LogP contribution in [0.2, 0.25) is 5.02 Å². The number of hydrogen-bond donors (Lipinski definition) is 2. The second kappa shape index (κ2) is 10.9. The number of nitrogens with one attached hydrogen (secondary N) is 2. The predicted molar refractivity (Wildman–Crippen MR) is 157 cm³/mol. The van der Waals surface area contributed by atoms with Gasteiger partial charge in [-0.05, 0) is 53.9 Å². The highest BCUT2D eigenvalue weighted by Crippen LogP contribution is 2.40. The molecule has 0 saturated heterocycles. The molecule has 43 heavy (non-hydrogen) atoms. The summed E-state index contributed by atoms with van der Waals surface area (Å²) in [5.41, 5.74) is 0.535. The van der Waals surface area contributed by atoms with E-state index in [-0.39, 0.29) is 57.2 Å². The van der Waals surface area contributed by atoms with Crippen LogP contribution in [-0.4, -0.2) is 40.4 Å². The second-order valence-electron chi connectivity index (χ2n) is 10.1. The van der Waals surface area contributed by atoms with Crippen molar-refractivity contribution in [1.82, 2.24) is 24.6 Å². The molecule has 16 heteroatoms. The van der Waals surface area contributed by atoms with Crippen molar-refractivity contribution in [3.05, 3.63) is 90.9 Å². The number of rotatable bonds is 6. The Balaban J connectivity index is 1.71. The van der Waals surface area contributed by atoms with E-state index in [0.717, 1.165) is 17.0 Å². The molecule has 3 heterocycles. The van der Waals surface area contributed by atoms with E-state index in [1.807, 2.05) is 0 Å². The van der Waals surface area contributed by atoms with E-state index >= 15 is 0 Å². The van der Waals surface area contributed by atoms with Crippen LogP contribution in [-0.2, 0) is 29.5 Å². The van der Waals surface area contributed by atoms with Crippen molar-refractivity contribution in [2.24, 2.45) is 0 Å². The lowest BCUT2D eigenvalue weighted by molar-refractivity contribution is 0.123.